The van der Waals surface area contributed by atoms with Crippen molar-refractivity contribution < 1.29 is 10.2 Å². The molecule has 2 N–H and O–H groups in total. The van der Waals surface area contributed by atoms with Crippen LogP contribution in [-0.2, 0) is 0 Å². The zero-order chi connectivity index (χ0) is 19.2. The quantitative estimate of drug-likeness (QED) is 0.392. The molecule has 0 unspecified atom stereocenters. The number of rotatable bonds is 7. The van der Waals surface area contributed by atoms with E-state index in [1.54, 1.807) is 25.6 Å². The molecule has 0 heterocycles. The Hall–Kier alpha value is -1.29. The molecule has 0 spiro atoms. The van der Waals surface area contributed by atoms with Gasteiger partial charge in [0.1, 0.15) is 0 Å². The summed E-state index contributed by atoms with van der Waals surface area (Å²) in [7, 11) is 0. The predicted octanol–water partition coefficient (Wildman–Crippen LogP) is 4.12. The van der Waals surface area contributed by atoms with Gasteiger partial charge in [-0.05, 0) is 0 Å². The summed E-state index contributed by atoms with van der Waals surface area (Å²) < 4.78 is 2.17. The van der Waals surface area contributed by atoms with E-state index in [0.717, 1.165) is 14.3 Å². The van der Waals surface area contributed by atoms with Crippen molar-refractivity contribution in [2.45, 2.75) is 43.8 Å². The Morgan fingerprint density at radius 2 is 1.35 bits per heavy atom. The van der Waals surface area contributed by atoms with Gasteiger partial charge in [0.2, 0.25) is 0 Å². The van der Waals surface area contributed by atoms with Crippen LogP contribution in [0.4, 0.5) is 0 Å². The van der Waals surface area contributed by atoms with Crippen LogP contribution in [0.25, 0.3) is 0 Å². The first-order valence-electron chi connectivity index (χ1n) is 8.50. The molecule has 2 aromatic rings. The summed E-state index contributed by atoms with van der Waals surface area (Å²) in [6.45, 7) is 7.19. The Morgan fingerprint density at radius 1 is 0.808 bits per heavy atom. The molecule has 138 valence electrons. The Bertz CT molecular complexity index is 687. The Kier molecular flexibility index (Phi) is 7.33. The molecule has 0 aliphatic carbocycles. The fraction of sp³-hybridized carbons (Fsp3) is 0.273. The fourth-order valence-electron chi connectivity index (χ4n) is 2.11. The van der Waals surface area contributed by atoms with Crippen LogP contribution in [0.2, 0.25) is 0 Å². The van der Waals surface area contributed by atoms with Crippen molar-refractivity contribution in [3.05, 3.63) is 82.2 Å². The van der Waals surface area contributed by atoms with Gasteiger partial charge in [-0.15, -0.1) is 0 Å². The fourth-order valence-corrected chi connectivity index (χ4v) is 5.00. The number of aliphatic hydroxyl groups is 2. The second-order valence-corrected chi connectivity index (χ2v) is 10.5. The van der Waals surface area contributed by atoms with Crippen LogP contribution < -0.4 is 4.46 Å². The monoisotopic (exact) mass is 434 g/mol. The van der Waals surface area contributed by atoms with Crippen molar-refractivity contribution in [3.63, 3.8) is 0 Å². The summed E-state index contributed by atoms with van der Waals surface area (Å²) in [5, 5.41) is 21.2. The van der Waals surface area contributed by atoms with E-state index >= 15 is 0 Å². The summed E-state index contributed by atoms with van der Waals surface area (Å²) in [4.78, 5) is 1.92. The van der Waals surface area contributed by atoms with Gasteiger partial charge in [0.25, 0.3) is 0 Å². The maximum atomic E-state index is 10.6. The molecule has 0 atom stereocenters. The van der Waals surface area contributed by atoms with Gasteiger partial charge in [-0.3, -0.25) is 0 Å². The van der Waals surface area contributed by atoms with Gasteiger partial charge >= 0.3 is 167 Å². The third-order valence-electron chi connectivity index (χ3n) is 3.53. The molecule has 2 aromatic carbocycles. The van der Waals surface area contributed by atoms with Gasteiger partial charge < -0.3 is 0 Å². The zero-order valence-corrected chi connectivity index (χ0v) is 18.2. The van der Waals surface area contributed by atoms with E-state index in [1.807, 2.05) is 74.5 Å². The Balaban J connectivity index is 2.34. The summed E-state index contributed by atoms with van der Waals surface area (Å²) in [5.74, 6) is 0. The maximum absolute atomic E-state index is 10.6. The molecule has 0 aliphatic heterocycles. The van der Waals surface area contributed by atoms with Gasteiger partial charge in [0, 0.05) is 0 Å². The molecule has 4 heteroatoms. The second kappa shape index (κ2) is 9.07. The summed E-state index contributed by atoms with van der Waals surface area (Å²) >= 11 is 1.56. The molecule has 0 aromatic heterocycles. The van der Waals surface area contributed by atoms with Crippen molar-refractivity contribution in [2.75, 3.05) is 0 Å². The summed E-state index contributed by atoms with van der Waals surface area (Å²) in [6, 6.07) is 20.2. The van der Waals surface area contributed by atoms with E-state index in [4.69, 9.17) is 0 Å². The zero-order valence-electron chi connectivity index (χ0n) is 15.6. The molecule has 0 radical (unpaired) electrons. The van der Waals surface area contributed by atoms with Gasteiger partial charge in [-0.25, -0.2) is 0 Å². The first-order valence-corrected chi connectivity index (χ1v) is 11.0. The van der Waals surface area contributed by atoms with Crippen LogP contribution in [0, 0.1) is 0 Å². The van der Waals surface area contributed by atoms with E-state index in [0.29, 0.717) is 0 Å². The number of thioether (sulfide) groups is 1. The minimum atomic E-state index is -0.957. The molecular formula is C22H26O2SSe. The first-order chi connectivity index (χ1) is 12.2. The van der Waals surface area contributed by atoms with Crippen LogP contribution in [0.1, 0.15) is 27.7 Å². The molecule has 26 heavy (non-hydrogen) atoms. The summed E-state index contributed by atoms with van der Waals surface area (Å²) in [5.41, 5.74) is -1.87. The number of hydrogen-bond acceptors (Lipinski definition) is 3. The van der Waals surface area contributed by atoms with Crippen molar-refractivity contribution in [1.29, 1.82) is 0 Å². The van der Waals surface area contributed by atoms with E-state index < -0.39 is 11.2 Å². The van der Waals surface area contributed by atoms with Gasteiger partial charge in [0.15, 0.2) is 0 Å². The molecule has 2 rings (SSSR count). The summed E-state index contributed by atoms with van der Waals surface area (Å²) in [6.07, 6.45) is 3.91. The molecule has 0 saturated heterocycles. The SMILES string of the molecule is CC(C)(O)/C(=C/C=C(\[Se]c1ccccc1)C(C)(C)O)Sc1ccccc1. The minimum absolute atomic E-state index is 0.0120. The van der Waals surface area contributed by atoms with E-state index in [-0.39, 0.29) is 15.0 Å². The third kappa shape index (κ3) is 6.79. The van der Waals surface area contributed by atoms with Crippen LogP contribution >= 0.6 is 11.8 Å². The van der Waals surface area contributed by atoms with Crippen LogP contribution in [-0.4, -0.2) is 36.4 Å². The van der Waals surface area contributed by atoms with Crippen molar-refractivity contribution in [3.8, 4) is 0 Å². The first kappa shape index (κ1) is 21.0. The Morgan fingerprint density at radius 3 is 1.85 bits per heavy atom. The van der Waals surface area contributed by atoms with Crippen molar-refractivity contribution >= 4 is 31.2 Å². The van der Waals surface area contributed by atoms with Crippen molar-refractivity contribution in [2.24, 2.45) is 0 Å². The molecule has 0 fully saturated rings. The van der Waals surface area contributed by atoms with Crippen molar-refractivity contribution in [1.82, 2.24) is 0 Å². The number of hydrogen-bond donors (Lipinski definition) is 2. The molecule has 2 nitrogen and oxygen atoms in total. The molecule has 0 amide bonds. The van der Waals surface area contributed by atoms with Crippen LogP contribution in [0.3, 0.4) is 0 Å². The topological polar surface area (TPSA) is 40.5 Å². The van der Waals surface area contributed by atoms with Crippen LogP contribution in [0.15, 0.2) is 87.1 Å². The molecule has 0 aliphatic rings. The standard InChI is InChI=1S/C22H26O2SSe/c1-21(2,23)19(25-17-11-7-5-8-12-17)15-16-20(22(3,4)24)26-18-13-9-6-10-14-18/h5-16,23-24H,1-4H3/b19-15-,20-16-. The van der Waals surface area contributed by atoms with E-state index in [2.05, 4.69) is 12.1 Å². The Labute approximate surface area is 167 Å². The second-order valence-electron chi connectivity index (χ2n) is 7.01. The van der Waals surface area contributed by atoms with E-state index in [9.17, 15) is 10.2 Å². The normalized spacial score (nSPS) is 13.8. The van der Waals surface area contributed by atoms with E-state index in [1.165, 1.54) is 4.46 Å². The predicted molar refractivity (Wildman–Crippen MR) is 113 cm³/mol. The molecular weight excluding hydrogens is 407 g/mol. The average Bonchev–Trinajstić information content (AvgIpc) is 2.57. The number of allylic oxidation sites excluding steroid dienone is 2. The number of benzene rings is 2. The average molecular weight is 433 g/mol. The van der Waals surface area contributed by atoms with Crippen LogP contribution in [0.5, 0.6) is 0 Å². The van der Waals surface area contributed by atoms with Gasteiger partial charge in [-0.1, -0.05) is 0 Å². The van der Waals surface area contributed by atoms with Gasteiger partial charge in [0.05, 0.1) is 0 Å². The van der Waals surface area contributed by atoms with Gasteiger partial charge in [-0.2, -0.15) is 0 Å². The third-order valence-corrected chi connectivity index (χ3v) is 7.76. The molecule has 0 bridgehead atoms. The molecule has 0 saturated carbocycles.